The van der Waals surface area contributed by atoms with Crippen LogP contribution in [0.2, 0.25) is 0 Å². The smallest absolute Gasteiger partial charge is 0.270 e. The Kier molecular flexibility index (Phi) is 5.89. The molecule has 5 heteroatoms. The third-order valence-electron chi connectivity index (χ3n) is 3.40. The number of unbranched alkanes of at least 4 members (excludes halogenated alkanes) is 1. The Labute approximate surface area is 131 Å². The van der Waals surface area contributed by atoms with Crippen molar-refractivity contribution in [1.29, 1.82) is 0 Å². The van der Waals surface area contributed by atoms with Crippen molar-refractivity contribution in [3.8, 4) is 0 Å². The Balaban J connectivity index is 1.96. The molecule has 0 atom stereocenters. The van der Waals surface area contributed by atoms with Crippen molar-refractivity contribution in [2.24, 2.45) is 0 Å². The summed E-state index contributed by atoms with van der Waals surface area (Å²) in [6.45, 7) is 5.46. The van der Waals surface area contributed by atoms with Crippen LogP contribution in [0, 0.1) is 6.92 Å². The molecule has 1 heterocycles. The average molecular weight is 298 g/mol. The molecule has 0 unspecified atom stereocenters. The van der Waals surface area contributed by atoms with Crippen LogP contribution in [-0.4, -0.2) is 22.4 Å². The van der Waals surface area contributed by atoms with E-state index < -0.39 is 0 Å². The highest BCUT2D eigenvalue weighted by atomic mass is 16.1. The molecule has 0 aliphatic heterocycles. The van der Waals surface area contributed by atoms with Gasteiger partial charge in [-0.15, -0.1) is 0 Å². The van der Waals surface area contributed by atoms with Gasteiger partial charge in [0, 0.05) is 19.3 Å². The van der Waals surface area contributed by atoms with Crippen LogP contribution in [0.15, 0.2) is 36.5 Å². The molecule has 1 amide bonds. The van der Waals surface area contributed by atoms with Gasteiger partial charge in [0.05, 0.1) is 0 Å². The molecule has 1 aromatic carbocycles. The molecule has 22 heavy (non-hydrogen) atoms. The van der Waals surface area contributed by atoms with Crippen LogP contribution in [0.5, 0.6) is 0 Å². The maximum absolute atomic E-state index is 12.0. The van der Waals surface area contributed by atoms with Crippen LogP contribution >= 0.6 is 0 Å². The van der Waals surface area contributed by atoms with Crippen LogP contribution in [0.1, 0.15) is 41.4 Å². The second-order valence-corrected chi connectivity index (χ2v) is 5.15. The summed E-state index contributed by atoms with van der Waals surface area (Å²) < 4.78 is 0. The Morgan fingerprint density at radius 2 is 2.05 bits per heavy atom. The van der Waals surface area contributed by atoms with E-state index in [1.807, 2.05) is 12.1 Å². The Morgan fingerprint density at radius 3 is 2.82 bits per heavy atom. The molecular formula is C17H22N4O. The molecule has 0 aliphatic rings. The van der Waals surface area contributed by atoms with Crippen LogP contribution in [0.25, 0.3) is 0 Å². The first-order valence-corrected chi connectivity index (χ1v) is 7.60. The summed E-state index contributed by atoms with van der Waals surface area (Å²) in [6, 6.07) is 9.76. The summed E-state index contributed by atoms with van der Waals surface area (Å²) in [5.41, 5.74) is 2.78. The predicted octanol–water partition coefficient (Wildman–Crippen LogP) is 2.93. The van der Waals surface area contributed by atoms with Crippen molar-refractivity contribution in [3.63, 3.8) is 0 Å². The molecule has 2 rings (SSSR count). The number of anilines is 1. The zero-order valence-corrected chi connectivity index (χ0v) is 13.1. The molecule has 1 aromatic heterocycles. The predicted molar refractivity (Wildman–Crippen MR) is 87.8 cm³/mol. The van der Waals surface area contributed by atoms with Crippen LogP contribution in [0.3, 0.4) is 0 Å². The number of benzene rings is 1. The third-order valence-corrected chi connectivity index (χ3v) is 3.40. The highest BCUT2D eigenvalue weighted by Crippen LogP contribution is 2.09. The second kappa shape index (κ2) is 8.12. The topological polar surface area (TPSA) is 66.9 Å². The summed E-state index contributed by atoms with van der Waals surface area (Å²) in [6.07, 6.45) is 3.62. The highest BCUT2D eigenvalue weighted by molar-refractivity contribution is 5.92. The molecule has 2 aromatic rings. The van der Waals surface area contributed by atoms with Crippen molar-refractivity contribution >= 4 is 11.9 Å². The molecule has 0 aliphatic carbocycles. The van der Waals surface area contributed by atoms with Gasteiger partial charge in [-0.2, -0.15) is 0 Å². The standard InChI is InChI=1S/C17H22N4O/c1-3-4-10-18-16(22)15-9-11-19-17(21-15)20-12-14-8-6-5-7-13(14)2/h5-9,11H,3-4,10,12H2,1-2H3,(H,18,22)(H,19,20,21). The quantitative estimate of drug-likeness (QED) is 0.771. The van der Waals surface area contributed by atoms with E-state index in [4.69, 9.17) is 0 Å². The van der Waals surface area contributed by atoms with Gasteiger partial charge in [-0.3, -0.25) is 4.79 Å². The van der Waals surface area contributed by atoms with Gasteiger partial charge in [0.15, 0.2) is 0 Å². The minimum atomic E-state index is -0.158. The zero-order valence-electron chi connectivity index (χ0n) is 13.1. The Morgan fingerprint density at radius 1 is 1.23 bits per heavy atom. The van der Waals surface area contributed by atoms with Gasteiger partial charge in [0.1, 0.15) is 5.69 Å². The van der Waals surface area contributed by atoms with Gasteiger partial charge in [0.25, 0.3) is 5.91 Å². The van der Waals surface area contributed by atoms with Crippen LogP contribution in [0.4, 0.5) is 5.95 Å². The maximum atomic E-state index is 12.0. The van der Waals surface area contributed by atoms with E-state index in [2.05, 4.69) is 46.6 Å². The SMILES string of the molecule is CCCCNC(=O)c1ccnc(NCc2ccccc2C)n1. The summed E-state index contributed by atoms with van der Waals surface area (Å²) in [4.78, 5) is 20.4. The maximum Gasteiger partial charge on any atom is 0.270 e. The van der Waals surface area contributed by atoms with Crippen LogP contribution < -0.4 is 10.6 Å². The first-order valence-electron chi connectivity index (χ1n) is 7.60. The lowest BCUT2D eigenvalue weighted by atomic mass is 10.1. The number of nitrogens with one attached hydrogen (secondary N) is 2. The Hall–Kier alpha value is -2.43. The highest BCUT2D eigenvalue weighted by Gasteiger charge is 2.08. The number of hydrogen-bond acceptors (Lipinski definition) is 4. The fraction of sp³-hybridized carbons (Fsp3) is 0.353. The van der Waals surface area contributed by atoms with E-state index in [1.54, 1.807) is 12.3 Å². The van der Waals surface area contributed by atoms with Gasteiger partial charge in [-0.1, -0.05) is 37.6 Å². The van der Waals surface area contributed by atoms with Crippen molar-refractivity contribution < 1.29 is 4.79 Å². The van der Waals surface area contributed by atoms with E-state index in [0.29, 0.717) is 24.7 Å². The van der Waals surface area contributed by atoms with Gasteiger partial charge in [-0.05, 0) is 30.5 Å². The van der Waals surface area contributed by atoms with Gasteiger partial charge < -0.3 is 10.6 Å². The molecule has 116 valence electrons. The van der Waals surface area contributed by atoms with Crippen molar-refractivity contribution in [2.75, 3.05) is 11.9 Å². The van der Waals surface area contributed by atoms with E-state index in [0.717, 1.165) is 12.8 Å². The van der Waals surface area contributed by atoms with Gasteiger partial charge in [0.2, 0.25) is 5.95 Å². The van der Waals surface area contributed by atoms with Gasteiger partial charge >= 0.3 is 0 Å². The zero-order chi connectivity index (χ0) is 15.8. The summed E-state index contributed by atoms with van der Waals surface area (Å²) in [5.74, 6) is 0.307. The number of carbonyl (C=O) groups excluding carboxylic acids is 1. The van der Waals surface area contributed by atoms with E-state index in [1.165, 1.54) is 11.1 Å². The number of amides is 1. The summed E-state index contributed by atoms with van der Waals surface area (Å²) in [7, 11) is 0. The van der Waals surface area contributed by atoms with Crippen molar-refractivity contribution in [1.82, 2.24) is 15.3 Å². The monoisotopic (exact) mass is 298 g/mol. The fourth-order valence-electron chi connectivity index (χ4n) is 2.02. The lowest BCUT2D eigenvalue weighted by molar-refractivity contribution is 0.0948. The van der Waals surface area contributed by atoms with E-state index >= 15 is 0 Å². The molecule has 0 saturated carbocycles. The number of aryl methyl sites for hydroxylation is 1. The van der Waals surface area contributed by atoms with E-state index in [9.17, 15) is 4.79 Å². The second-order valence-electron chi connectivity index (χ2n) is 5.15. The first-order chi connectivity index (χ1) is 10.7. The number of nitrogens with zero attached hydrogens (tertiary/aromatic N) is 2. The average Bonchev–Trinajstić information content (AvgIpc) is 2.54. The first kappa shape index (κ1) is 15.9. The summed E-state index contributed by atoms with van der Waals surface area (Å²) >= 11 is 0. The summed E-state index contributed by atoms with van der Waals surface area (Å²) in [5, 5.41) is 6.02. The molecule has 0 bridgehead atoms. The number of aromatic nitrogens is 2. The van der Waals surface area contributed by atoms with Crippen molar-refractivity contribution in [2.45, 2.75) is 33.2 Å². The largest absolute Gasteiger partial charge is 0.351 e. The number of carbonyl (C=O) groups is 1. The molecule has 0 radical (unpaired) electrons. The Bertz CT molecular complexity index is 628. The van der Waals surface area contributed by atoms with E-state index in [-0.39, 0.29) is 5.91 Å². The fourth-order valence-corrected chi connectivity index (χ4v) is 2.02. The third kappa shape index (κ3) is 4.55. The lowest BCUT2D eigenvalue weighted by Gasteiger charge is -2.08. The molecule has 0 fully saturated rings. The molecule has 0 saturated heterocycles. The lowest BCUT2D eigenvalue weighted by Crippen LogP contribution is -2.25. The van der Waals surface area contributed by atoms with Crippen molar-refractivity contribution in [3.05, 3.63) is 53.3 Å². The van der Waals surface area contributed by atoms with Crippen LogP contribution in [-0.2, 0) is 6.54 Å². The molecular weight excluding hydrogens is 276 g/mol. The van der Waals surface area contributed by atoms with Gasteiger partial charge in [-0.25, -0.2) is 9.97 Å². The minimum Gasteiger partial charge on any atom is -0.351 e. The normalized spacial score (nSPS) is 10.3. The molecule has 2 N–H and O–H groups in total. The number of hydrogen-bond donors (Lipinski definition) is 2. The number of rotatable bonds is 7. The molecule has 0 spiro atoms. The minimum absolute atomic E-state index is 0.158. The molecule has 5 nitrogen and oxygen atoms in total.